The van der Waals surface area contributed by atoms with E-state index in [0.29, 0.717) is 19.7 Å². The van der Waals surface area contributed by atoms with Crippen molar-refractivity contribution in [3.8, 4) is 0 Å². The minimum Gasteiger partial charge on any atom is -0.377 e. The van der Waals surface area contributed by atoms with Crippen molar-refractivity contribution in [2.24, 2.45) is 4.99 Å². The van der Waals surface area contributed by atoms with Crippen molar-refractivity contribution in [1.29, 1.82) is 0 Å². The number of nitrogens with one attached hydrogen (secondary N) is 3. The molecular formula is C19H33IN4O3S2. The summed E-state index contributed by atoms with van der Waals surface area (Å²) in [6.45, 7) is 2.50. The van der Waals surface area contributed by atoms with Gasteiger partial charge in [0.1, 0.15) is 0 Å². The maximum absolute atomic E-state index is 12.4. The molecule has 1 aromatic carbocycles. The minimum absolute atomic E-state index is 0. The van der Waals surface area contributed by atoms with Crippen molar-refractivity contribution >= 4 is 51.7 Å². The first kappa shape index (κ1) is 26.5. The molecule has 1 unspecified atom stereocenters. The fourth-order valence-corrected chi connectivity index (χ4v) is 4.42. The van der Waals surface area contributed by atoms with E-state index >= 15 is 0 Å². The Bertz CT molecular complexity index is 709. The first-order valence-electron chi connectivity index (χ1n) is 9.69. The average Bonchev–Trinajstić information content (AvgIpc) is 3.23. The summed E-state index contributed by atoms with van der Waals surface area (Å²) in [6.07, 6.45) is 6.28. The number of rotatable bonds is 11. The molecule has 0 aliphatic carbocycles. The van der Waals surface area contributed by atoms with Crippen LogP contribution in [0.5, 0.6) is 0 Å². The van der Waals surface area contributed by atoms with Gasteiger partial charge in [-0.15, -0.1) is 24.0 Å². The normalized spacial score (nSPS) is 17.0. The van der Waals surface area contributed by atoms with Crippen LogP contribution in [0, 0.1) is 0 Å². The number of hydrogen-bond donors (Lipinski definition) is 3. The number of hydrogen-bond acceptors (Lipinski definition) is 5. The number of ether oxygens (including phenoxy) is 1. The Balaban J connectivity index is 0.00000420. The standard InChI is InChI=1S/C19H32N4O3S2.HI/c1-20-19(21-11-3-4-13-27-2)22-14-16-7-9-18(10-8-16)28(24,25)23-15-17-6-5-12-26-17;/h7-10,17,23H,3-6,11-15H2,1-2H3,(H2,20,21,22);1H. The first-order valence-corrected chi connectivity index (χ1v) is 12.6. The van der Waals surface area contributed by atoms with E-state index in [0.717, 1.165) is 37.3 Å². The van der Waals surface area contributed by atoms with Crippen LogP contribution in [0.15, 0.2) is 34.2 Å². The van der Waals surface area contributed by atoms with Crippen LogP contribution in [0.25, 0.3) is 0 Å². The predicted molar refractivity (Wildman–Crippen MR) is 132 cm³/mol. The van der Waals surface area contributed by atoms with E-state index in [1.165, 1.54) is 12.2 Å². The van der Waals surface area contributed by atoms with Crippen molar-refractivity contribution in [2.75, 3.05) is 38.8 Å². The fourth-order valence-electron chi connectivity index (χ4n) is 2.86. The number of unbranched alkanes of at least 4 members (excludes halogenated alkanes) is 1. The lowest BCUT2D eigenvalue weighted by atomic mass is 10.2. The van der Waals surface area contributed by atoms with Gasteiger partial charge in [-0.2, -0.15) is 11.8 Å². The molecule has 10 heteroatoms. The van der Waals surface area contributed by atoms with Gasteiger partial charge >= 0.3 is 0 Å². The maximum atomic E-state index is 12.4. The van der Waals surface area contributed by atoms with E-state index in [2.05, 4.69) is 26.6 Å². The highest BCUT2D eigenvalue weighted by molar-refractivity contribution is 14.0. The van der Waals surface area contributed by atoms with Crippen molar-refractivity contribution in [3.05, 3.63) is 29.8 Å². The van der Waals surface area contributed by atoms with Crippen LogP contribution in [-0.2, 0) is 21.3 Å². The van der Waals surface area contributed by atoms with E-state index in [-0.39, 0.29) is 35.0 Å². The number of sulfonamides is 1. The summed E-state index contributed by atoms with van der Waals surface area (Å²) in [7, 11) is -1.77. The SMILES string of the molecule is CN=C(NCCCCSC)NCc1ccc(S(=O)(=O)NCC2CCCO2)cc1.I. The molecule has 7 nitrogen and oxygen atoms in total. The number of halogens is 1. The summed E-state index contributed by atoms with van der Waals surface area (Å²) in [5, 5.41) is 6.54. The third-order valence-electron chi connectivity index (χ3n) is 4.51. The lowest BCUT2D eigenvalue weighted by Gasteiger charge is -2.13. The quantitative estimate of drug-likeness (QED) is 0.168. The second kappa shape index (κ2) is 14.4. The van der Waals surface area contributed by atoms with Crippen molar-refractivity contribution in [3.63, 3.8) is 0 Å². The molecule has 1 heterocycles. The van der Waals surface area contributed by atoms with Gasteiger partial charge < -0.3 is 15.4 Å². The molecule has 1 atom stereocenters. The van der Waals surface area contributed by atoms with Crippen LogP contribution >= 0.6 is 35.7 Å². The number of thioether (sulfide) groups is 1. The molecule has 1 fully saturated rings. The second-order valence-electron chi connectivity index (χ2n) is 6.68. The molecule has 166 valence electrons. The average molecular weight is 557 g/mol. The van der Waals surface area contributed by atoms with Crippen LogP contribution in [0.1, 0.15) is 31.2 Å². The summed E-state index contributed by atoms with van der Waals surface area (Å²) < 4.78 is 32.9. The molecule has 29 heavy (non-hydrogen) atoms. The molecule has 1 saturated heterocycles. The molecule has 0 amide bonds. The fraction of sp³-hybridized carbons (Fsp3) is 0.632. The monoisotopic (exact) mass is 556 g/mol. The molecule has 1 aliphatic rings. The van der Waals surface area contributed by atoms with Gasteiger partial charge in [-0.3, -0.25) is 4.99 Å². The molecule has 1 aromatic rings. The van der Waals surface area contributed by atoms with E-state index in [9.17, 15) is 8.42 Å². The van der Waals surface area contributed by atoms with Gasteiger partial charge in [0.15, 0.2) is 5.96 Å². The molecular weight excluding hydrogens is 523 g/mol. The molecule has 1 aliphatic heterocycles. The summed E-state index contributed by atoms with van der Waals surface area (Å²) in [5.74, 6) is 1.92. The minimum atomic E-state index is -3.51. The van der Waals surface area contributed by atoms with E-state index in [4.69, 9.17) is 4.74 Å². The zero-order valence-corrected chi connectivity index (χ0v) is 21.1. The summed E-state index contributed by atoms with van der Waals surface area (Å²) in [5.41, 5.74) is 0.989. The largest absolute Gasteiger partial charge is 0.377 e. The summed E-state index contributed by atoms with van der Waals surface area (Å²) in [6, 6.07) is 6.90. The molecule has 0 aromatic heterocycles. The van der Waals surface area contributed by atoms with Crippen LogP contribution in [0.2, 0.25) is 0 Å². The second-order valence-corrected chi connectivity index (χ2v) is 9.44. The van der Waals surface area contributed by atoms with Crippen LogP contribution in [0.3, 0.4) is 0 Å². The Morgan fingerprint density at radius 3 is 2.62 bits per heavy atom. The molecule has 0 radical (unpaired) electrons. The summed E-state index contributed by atoms with van der Waals surface area (Å²) in [4.78, 5) is 4.48. The summed E-state index contributed by atoms with van der Waals surface area (Å²) >= 11 is 1.86. The van der Waals surface area contributed by atoms with E-state index in [1.54, 1.807) is 19.2 Å². The predicted octanol–water partition coefficient (Wildman–Crippen LogP) is 2.57. The van der Waals surface area contributed by atoms with Crippen LogP contribution in [-0.4, -0.2) is 59.2 Å². The van der Waals surface area contributed by atoms with Gasteiger partial charge in [-0.1, -0.05) is 12.1 Å². The Kier molecular flexibility index (Phi) is 13.2. The van der Waals surface area contributed by atoms with Gasteiger partial charge in [0.2, 0.25) is 10.0 Å². The first-order chi connectivity index (χ1) is 13.5. The third kappa shape index (κ3) is 9.86. The zero-order chi connectivity index (χ0) is 20.2. The van der Waals surface area contributed by atoms with Gasteiger partial charge in [-0.05, 0) is 55.4 Å². The van der Waals surface area contributed by atoms with Crippen molar-refractivity contribution in [2.45, 2.75) is 43.2 Å². The number of aliphatic imine (C=N–C) groups is 1. The smallest absolute Gasteiger partial charge is 0.240 e. The van der Waals surface area contributed by atoms with E-state index in [1.807, 2.05) is 23.9 Å². The number of nitrogens with zero attached hydrogens (tertiary/aromatic N) is 1. The Morgan fingerprint density at radius 2 is 2.00 bits per heavy atom. The topological polar surface area (TPSA) is 91.8 Å². The number of benzene rings is 1. The van der Waals surface area contributed by atoms with Gasteiger partial charge in [0.05, 0.1) is 11.0 Å². The Labute approximate surface area is 196 Å². The molecule has 3 N–H and O–H groups in total. The third-order valence-corrected chi connectivity index (χ3v) is 6.65. The molecule has 0 saturated carbocycles. The van der Waals surface area contributed by atoms with Crippen molar-refractivity contribution < 1.29 is 13.2 Å². The zero-order valence-electron chi connectivity index (χ0n) is 17.1. The highest BCUT2D eigenvalue weighted by Gasteiger charge is 2.20. The van der Waals surface area contributed by atoms with Gasteiger partial charge in [0.25, 0.3) is 0 Å². The number of guanidine groups is 1. The molecule has 0 spiro atoms. The van der Waals surface area contributed by atoms with E-state index < -0.39 is 10.0 Å². The van der Waals surface area contributed by atoms with Crippen LogP contribution in [0.4, 0.5) is 0 Å². The highest BCUT2D eigenvalue weighted by atomic mass is 127. The highest BCUT2D eigenvalue weighted by Crippen LogP contribution is 2.14. The van der Waals surface area contributed by atoms with Gasteiger partial charge in [-0.25, -0.2) is 13.1 Å². The van der Waals surface area contributed by atoms with Crippen LogP contribution < -0.4 is 15.4 Å². The lowest BCUT2D eigenvalue weighted by molar-refractivity contribution is 0.114. The maximum Gasteiger partial charge on any atom is 0.240 e. The van der Waals surface area contributed by atoms with Gasteiger partial charge in [0, 0.05) is 33.3 Å². The Morgan fingerprint density at radius 1 is 1.24 bits per heavy atom. The lowest BCUT2D eigenvalue weighted by Crippen LogP contribution is -2.37. The van der Waals surface area contributed by atoms with Crippen molar-refractivity contribution in [1.82, 2.24) is 15.4 Å². The molecule has 0 bridgehead atoms. The molecule has 2 rings (SSSR count). The Hall–Kier alpha value is -0.560.